The zero-order valence-electron chi connectivity index (χ0n) is 15.4. The van der Waals surface area contributed by atoms with Gasteiger partial charge in [0.2, 0.25) is 0 Å². The number of likely N-dealkylation sites (tertiary alicyclic amines) is 1. The monoisotopic (exact) mass is 449 g/mol. The summed E-state index contributed by atoms with van der Waals surface area (Å²) in [4.78, 5) is 22.5. The second kappa shape index (κ2) is 6.88. The molecule has 2 aromatic heterocycles. The predicted octanol–water partition coefficient (Wildman–Crippen LogP) is 3.77. The van der Waals surface area contributed by atoms with Crippen LogP contribution in [0.1, 0.15) is 39.6 Å². The summed E-state index contributed by atoms with van der Waals surface area (Å²) in [5.41, 5.74) is 2.61. The molecule has 9 heteroatoms. The van der Waals surface area contributed by atoms with Crippen LogP contribution in [0.5, 0.6) is 0 Å². The van der Waals surface area contributed by atoms with E-state index in [1.54, 1.807) is 31.2 Å². The smallest absolute Gasteiger partial charge is 0.266 e. The number of carbonyl (C=O) groups excluding carboxylic acids is 1. The van der Waals surface area contributed by atoms with Crippen molar-refractivity contribution in [3.8, 4) is 0 Å². The van der Waals surface area contributed by atoms with E-state index in [4.69, 9.17) is 0 Å². The van der Waals surface area contributed by atoms with Crippen LogP contribution < -0.4 is 0 Å². The van der Waals surface area contributed by atoms with Gasteiger partial charge in [-0.15, -0.1) is 0 Å². The van der Waals surface area contributed by atoms with Crippen molar-refractivity contribution in [1.29, 1.82) is 0 Å². The van der Waals surface area contributed by atoms with Gasteiger partial charge in [-0.3, -0.25) is 4.79 Å². The van der Waals surface area contributed by atoms with Crippen molar-refractivity contribution in [3.05, 3.63) is 57.6 Å². The van der Waals surface area contributed by atoms with Gasteiger partial charge in [-0.1, -0.05) is 22.0 Å². The van der Waals surface area contributed by atoms with Crippen LogP contribution in [0, 0.1) is 13.8 Å². The number of rotatable bonds is 2. The number of fused-ring (bicyclic) bond motifs is 1. The molecule has 1 atom stereocenters. The van der Waals surface area contributed by atoms with Gasteiger partial charge < -0.3 is 4.90 Å². The Bertz CT molecular complexity index is 1070. The van der Waals surface area contributed by atoms with Gasteiger partial charge in [0.05, 0.1) is 12.2 Å². The van der Waals surface area contributed by atoms with Gasteiger partial charge in [-0.2, -0.15) is 10.1 Å². The Morgan fingerprint density at radius 2 is 2.07 bits per heavy atom. The highest BCUT2D eigenvalue weighted by molar-refractivity contribution is 9.10. The first-order chi connectivity index (χ1) is 13.2. The normalized spacial score (nSPS) is 19.2. The molecule has 1 aliphatic heterocycles. The van der Waals surface area contributed by atoms with Crippen molar-refractivity contribution in [2.75, 3.05) is 13.1 Å². The SMILES string of the molecule is Cc1cc(C2CN(C(=O)c3ccc(C)c(Br)c3)CC(F)(F)C2)n2ncnc2n1. The first kappa shape index (κ1) is 18.9. The first-order valence-electron chi connectivity index (χ1n) is 8.84. The van der Waals surface area contributed by atoms with Gasteiger partial charge in [0.25, 0.3) is 17.6 Å². The Morgan fingerprint density at radius 1 is 1.29 bits per heavy atom. The number of aromatic nitrogens is 4. The highest BCUT2D eigenvalue weighted by Crippen LogP contribution is 2.37. The van der Waals surface area contributed by atoms with Gasteiger partial charge >= 0.3 is 0 Å². The number of aryl methyl sites for hydroxylation is 2. The van der Waals surface area contributed by atoms with Crippen LogP contribution in [0.15, 0.2) is 35.1 Å². The molecule has 3 aromatic rings. The first-order valence-corrected chi connectivity index (χ1v) is 9.63. The van der Waals surface area contributed by atoms with Crippen molar-refractivity contribution in [1.82, 2.24) is 24.5 Å². The molecule has 0 radical (unpaired) electrons. The maximum Gasteiger partial charge on any atom is 0.266 e. The third-order valence-corrected chi connectivity index (χ3v) is 5.79. The molecule has 0 bridgehead atoms. The Hall–Kier alpha value is -2.42. The Morgan fingerprint density at radius 3 is 2.82 bits per heavy atom. The average Bonchev–Trinajstić information content (AvgIpc) is 3.09. The van der Waals surface area contributed by atoms with E-state index in [-0.39, 0.29) is 13.0 Å². The number of piperidine rings is 1. The topological polar surface area (TPSA) is 63.4 Å². The quantitative estimate of drug-likeness (QED) is 0.597. The molecule has 6 nitrogen and oxygen atoms in total. The molecule has 1 amide bonds. The molecule has 1 unspecified atom stereocenters. The fourth-order valence-corrected chi connectivity index (χ4v) is 3.99. The van der Waals surface area contributed by atoms with E-state index in [0.717, 1.165) is 10.0 Å². The molecule has 1 fully saturated rings. The molecule has 0 spiro atoms. The summed E-state index contributed by atoms with van der Waals surface area (Å²) in [5, 5.41) is 4.12. The fraction of sp³-hybridized carbons (Fsp3) is 0.368. The lowest BCUT2D eigenvalue weighted by Gasteiger charge is -2.37. The number of amides is 1. The zero-order chi connectivity index (χ0) is 20.1. The van der Waals surface area contributed by atoms with Gasteiger partial charge in [0, 0.05) is 34.6 Å². The van der Waals surface area contributed by atoms with Crippen molar-refractivity contribution in [2.45, 2.75) is 32.1 Å². The number of hydrogen-bond acceptors (Lipinski definition) is 4. The molecule has 146 valence electrons. The number of alkyl halides is 2. The van der Waals surface area contributed by atoms with E-state index >= 15 is 0 Å². The highest BCUT2D eigenvalue weighted by Gasteiger charge is 2.43. The maximum absolute atomic E-state index is 14.6. The van der Waals surface area contributed by atoms with E-state index in [1.165, 1.54) is 15.7 Å². The number of halogens is 3. The van der Waals surface area contributed by atoms with Gasteiger partial charge in [0.1, 0.15) is 6.33 Å². The minimum absolute atomic E-state index is 0.179. The average molecular weight is 450 g/mol. The molecular formula is C19H18BrF2N5O. The van der Waals surface area contributed by atoms with E-state index < -0.39 is 24.3 Å². The van der Waals surface area contributed by atoms with Crippen LogP contribution in [-0.4, -0.2) is 49.4 Å². The van der Waals surface area contributed by atoms with Crippen LogP contribution in [0.25, 0.3) is 5.78 Å². The summed E-state index contributed by atoms with van der Waals surface area (Å²) in [5.74, 6) is -3.62. The van der Waals surface area contributed by atoms with E-state index in [9.17, 15) is 13.6 Å². The van der Waals surface area contributed by atoms with Crippen LogP contribution in [0.3, 0.4) is 0 Å². The standard InChI is InChI=1S/C19H18BrF2N5O/c1-11-3-4-13(6-15(11)20)17(28)26-8-14(7-19(21,22)9-26)16-5-12(2)25-18-23-10-24-27(16)18/h3-6,10,14H,7-9H2,1-2H3. The molecule has 0 saturated carbocycles. The molecule has 0 aliphatic carbocycles. The van der Waals surface area contributed by atoms with Crippen molar-refractivity contribution in [2.24, 2.45) is 0 Å². The molecule has 28 heavy (non-hydrogen) atoms. The lowest BCUT2D eigenvalue weighted by molar-refractivity contribution is -0.0641. The summed E-state index contributed by atoms with van der Waals surface area (Å²) >= 11 is 3.40. The van der Waals surface area contributed by atoms with Crippen molar-refractivity contribution >= 4 is 27.6 Å². The predicted molar refractivity (Wildman–Crippen MR) is 103 cm³/mol. The Kier molecular flexibility index (Phi) is 4.65. The molecule has 1 saturated heterocycles. The molecule has 1 aromatic carbocycles. The van der Waals surface area contributed by atoms with Gasteiger partial charge in [-0.25, -0.2) is 18.3 Å². The number of carbonyl (C=O) groups is 1. The van der Waals surface area contributed by atoms with E-state index in [1.807, 2.05) is 6.92 Å². The van der Waals surface area contributed by atoms with Crippen molar-refractivity contribution in [3.63, 3.8) is 0 Å². The molecule has 3 heterocycles. The zero-order valence-corrected chi connectivity index (χ0v) is 16.9. The minimum Gasteiger partial charge on any atom is -0.332 e. The number of benzene rings is 1. The van der Waals surface area contributed by atoms with Crippen molar-refractivity contribution < 1.29 is 13.6 Å². The highest BCUT2D eigenvalue weighted by atomic mass is 79.9. The van der Waals surface area contributed by atoms with Crippen LogP contribution in [0.2, 0.25) is 0 Å². The Labute approximate surface area is 168 Å². The summed E-state index contributed by atoms with van der Waals surface area (Å²) in [7, 11) is 0. The second-order valence-corrected chi connectivity index (χ2v) is 8.06. The minimum atomic E-state index is -3.00. The lowest BCUT2D eigenvalue weighted by Crippen LogP contribution is -2.49. The lowest BCUT2D eigenvalue weighted by atomic mass is 9.91. The van der Waals surface area contributed by atoms with Crippen LogP contribution in [0.4, 0.5) is 8.78 Å². The van der Waals surface area contributed by atoms with Gasteiger partial charge in [-0.05, 0) is 37.6 Å². The summed E-state index contributed by atoms with van der Waals surface area (Å²) in [6.45, 7) is 3.27. The summed E-state index contributed by atoms with van der Waals surface area (Å²) in [6, 6.07) is 6.86. The largest absolute Gasteiger partial charge is 0.332 e. The molecule has 1 aliphatic rings. The Balaban J connectivity index is 1.69. The number of hydrogen-bond donors (Lipinski definition) is 0. The van der Waals surface area contributed by atoms with Crippen LogP contribution in [-0.2, 0) is 0 Å². The molecule has 4 rings (SSSR count). The second-order valence-electron chi connectivity index (χ2n) is 7.20. The van der Waals surface area contributed by atoms with E-state index in [2.05, 4.69) is 31.0 Å². The third kappa shape index (κ3) is 3.50. The summed E-state index contributed by atoms with van der Waals surface area (Å²) in [6.07, 6.45) is 0.992. The van der Waals surface area contributed by atoms with Gasteiger partial charge in [0.15, 0.2) is 0 Å². The molecular weight excluding hydrogens is 432 g/mol. The third-order valence-electron chi connectivity index (χ3n) is 4.94. The number of nitrogens with zero attached hydrogens (tertiary/aromatic N) is 5. The van der Waals surface area contributed by atoms with E-state index in [0.29, 0.717) is 22.7 Å². The fourth-order valence-electron chi connectivity index (χ4n) is 3.61. The maximum atomic E-state index is 14.6. The molecule has 0 N–H and O–H groups in total. The summed E-state index contributed by atoms with van der Waals surface area (Å²) < 4.78 is 31.4. The van der Waals surface area contributed by atoms with Crippen LogP contribution >= 0.6 is 15.9 Å².